The second kappa shape index (κ2) is 8.98. The van der Waals surface area contributed by atoms with Crippen LogP contribution in [-0.4, -0.2) is 24.8 Å². The minimum absolute atomic E-state index is 0.0649. The van der Waals surface area contributed by atoms with Crippen molar-refractivity contribution in [3.8, 4) is 0 Å². The summed E-state index contributed by atoms with van der Waals surface area (Å²) in [6.07, 6.45) is 0.275. The summed E-state index contributed by atoms with van der Waals surface area (Å²) in [6, 6.07) is 12.1. The Morgan fingerprint density at radius 2 is 1.83 bits per heavy atom. The molecule has 1 heterocycles. The molecule has 2 aromatic rings. The molecule has 0 saturated heterocycles. The third-order valence-electron chi connectivity index (χ3n) is 3.50. The van der Waals surface area contributed by atoms with Gasteiger partial charge in [-0.15, -0.1) is 11.3 Å². The first kappa shape index (κ1) is 17.9. The molecule has 6 heteroatoms. The van der Waals surface area contributed by atoms with Crippen LogP contribution in [0.15, 0.2) is 47.8 Å². The molecule has 1 aromatic heterocycles. The Balaban J connectivity index is 1.90. The Labute approximate surface area is 144 Å². The summed E-state index contributed by atoms with van der Waals surface area (Å²) >= 11 is 1.46. The molecule has 1 N–H and O–H groups in total. The standard InChI is InChI=1S/C18H19NO4S/c1-23-18(22)12-14(16-8-5-11-24-16)19-17(21)10-9-15(20)13-6-3-2-4-7-13/h2-8,11,14H,9-10,12H2,1H3,(H,19,21)/t14-/m1/s1. The van der Waals surface area contributed by atoms with Gasteiger partial charge in [0.2, 0.25) is 5.91 Å². The van der Waals surface area contributed by atoms with Gasteiger partial charge in [-0.2, -0.15) is 0 Å². The number of nitrogens with one attached hydrogen (secondary N) is 1. The summed E-state index contributed by atoms with van der Waals surface area (Å²) in [5.74, 6) is -0.734. The van der Waals surface area contributed by atoms with Gasteiger partial charge >= 0.3 is 5.97 Å². The summed E-state index contributed by atoms with van der Waals surface area (Å²) in [7, 11) is 1.31. The average Bonchev–Trinajstić information content (AvgIpc) is 3.14. The van der Waals surface area contributed by atoms with Crippen LogP contribution in [0.5, 0.6) is 0 Å². The molecular formula is C18H19NO4S. The van der Waals surface area contributed by atoms with Gasteiger partial charge in [0.05, 0.1) is 19.6 Å². The molecule has 0 spiro atoms. The Hall–Kier alpha value is -2.47. The van der Waals surface area contributed by atoms with E-state index in [0.29, 0.717) is 5.56 Å². The average molecular weight is 345 g/mol. The van der Waals surface area contributed by atoms with Crippen LogP contribution in [0.25, 0.3) is 0 Å². The Bertz CT molecular complexity index is 682. The number of hydrogen-bond acceptors (Lipinski definition) is 5. The molecular weight excluding hydrogens is 326 g/mol. The van der Waals surface area contributed by atoms with Crippen LogP contribution in [0, 0.1) is 0 Å². The van der Waals surface area contributed by atoms with Crippen LogP contribution in [0.1, 0.15) is 40.5 Å². The number of benzene rings is 1. The lowest BCUT2D eigenvalue weighted by Crippen LogP contribution is -2.30. The molecule has 5 nitrogen and oxygen atoms in total. The highest BCUT2D eigenvalue weighted by atomic mass is 32.1. The maximum atomic E-state index is 12.1. The van der Waals surface area contributed by atoms with E-state index in [9.17, 15) is 14.4 Å². The van der Waals surface area contributed by atoms with Crippen molar-refractivity contribution in [2.45, 2.75) is 25.3 Å². The normalized spacial score (nSPS) is 11.5. The second-order valence-corrected chi connectivity index (χ2v) is 6.18. The number of carbonyl (C=O) groups excluding carboxylic acids is 3. The lowest BCUT2D eigenvalue weighted by Gasteiger charge is -2.16. The minimum atomic E-state index is -0.434. The van der Waals surface area contributed by atoms with E-state index < -0.39 is 12.0 Å². The van der Waals surface area contributed by atoms with Crippen molar-refractivity contribution in [2.75, 3.05) is 7.11 Å². The van der Waals surface area contributed by atoms with Gasteiger partial charge in [0, 0.05) is 23.3 Å². The number of methoxy groups -OCH3 is 1. The number of hydrogen-bond donors (Lipinski definition) is 1. The van der Waals surface area contributed by atoms with Crippen LogP contribution < -0.4 is 5.32 Å². The molecule has 0 bridgehead atoms. The minimum Gasteiger partial charge on any atom is -0.469 e. The highest BCUT2D eigenvalue weighted by molar-refractivity contribution is 7.10. The van der Waals surface area contributed by atoms with Crippen molar-refractivity contribution in [1.82, 2.24) is 5.32 Å². The number of rotatable bonds is 8. The fourth-order valence-corrected chi connectivity index (χ4v) is 3.00. The first-order chi connectivity index (χ1) is 11.6. The number of Topliss-reactive ketones (excluding diaryl/α,β-unsaturated/α-hetero) is 1. The van der Waals surface area contributed by atoms with Crippen molar-refractivity contribution in [2.24, 2.45) is 0 Å². The maximum Gasteiger partial charge on any atom is 0.307 e. The molecule has 1 aromatic carbocycles. The molecule has 1 amide bonds. The SMILES string of the molecule is COC(=O)C[C@@H](NC(=O)CCC(=O)c1ccccc1)c1cccs1. The first-order valence-electron chi connectivity index (χ1n) is 7.58. The Morgan fingerprint density at radius 3 is 2.46 bits per heavy atom. The van der Waals surface area contributed by atoms with E-state index in [1.807, 2.05) is 23.6 Å². The van der Waals surface area contributed by atoms with Gasteiger partial charge in [-0.3, -0.25) is 14.4 Å². The van der Waals surface area contributed by atoms with Crippen molar-refractivity contribution in [1.29, 1.82) is 0 Å². The molecule has 0 saturated carbocycles. The van der Waals surface area contributed by atoms with E-state index in [2.05, 4.69) is 10.1 Å². The van der Waals surface area contributed by atoms with Gasteiger partial charge in [0.1, 0.15) is 0 Å². The summed E-state index contributed by atoms with van der Waals surface area (Å²) < 4.78 is 4.68. The molecule has 0 aliphatic heterocycles. The van der Waals surface area contributed by atoms with Crippen molar-refractivity contribution in [3.05, 3.63) is 58.3 Å². The topological polar surface area (TPSA) is 72.5 Å². The zero-order chi connectivity index (χ0) is 17.4. The van der Waals surface area contributed by atoms with Crippen LogP contribution in [-0.2, 0) is 14.3 Å². The van der Waals surface area contributed by atoms with Gasteiger partial charge in [0.25, 0.3) is 0 Å². The van der Waals surface area contributed by atoms with Gasteiger partial charge in [-0.1, -0.05) is 36.4 Å². The number of carbonyl (C=O) groups is 3. The summed E-state index contributed by atoms with van der Waals surface area (Å²) in [5, 5.41) is 4.69. The number of thiophene rings is 1. The highest BCUT2D eigenvalue weighted by Crippen LogP contribution is 2.22. The van der Waals surface area contributed by atoms with Crippen molar-refractivity contribution < 1.29 is 19.1 Å². The summed E-state index contributed by atoms with van der Waals surface area (Å²) in [6.45, 7) is 0. The molecule has 126 valence electrons. The smallest absolute Gasteiger partial charge is 0.307 e. The fraction of sp³-hybridized carbons (Fsp3) is 0.278. The van der Waals surface area contributed by atoms with E-state index in [4.69, 9.17) is 0 Å². The largest absolute Gasteiger partial charge is 0.469 e. The third kappa shape index (κ3) is 5.31. The van der Waals surface area contributed by atoms with Crippen LogP contribution >= 0.6 is 11.3 Å². The van der Waals surface area contributed by atoms with Crippen molar-refractivity contribution in [3.63, 3.8) is 0 Å². The van der Waals surface area contributed by atoms with E-state index >= 15 is 0 Å². The first-order valence-corrected chi connectivity index (χ1v) is 8.46. The summed E-state index contributed by atoms with van der Waals surface area (Å²) in [4.78, 5) is 36.6. The number of esters is 1. The Kier molecular flexibility index (Phi) is 6.69. The van der Waals surface area contributed by atoms with Gasteiger partial charge in [0.15, 0.2) is 5.78 Å². The quantitative estimate of drug-likeness (QED) is 0.589. The van der Waals surface area contributed by atoms with Crippen molar-refractivity contribution >= 4 is 29.0 Å². The lowest BCUT2D eigenvalue weighted by atomic mass is 10.1. The van der Waals surface area contributed by atoms with E-state index in [0.717, 1.165) is 4.88 Å². The van der Waals surface area contributed by atoms with Crippen LogP contribution in [0.3, 0.4) is 0 Å². The van der Waals surface area contributed by atoms with E-state index in [1.165, 1.54) is 18.4 Å². The molecule has 0 aliphatic carbocycles. The second-order valence-electron chi connectivity index (χ2n) is 5.20. The zero-order valence-corrected chi connectivity index (χ0v) is 14.2. The Morgan fingerprint density at radius 1 is 1.08 bits per heavy atom. The predicted molar refractivity (Wildman–Crippen MR) is 91.8 cm³/mol. The van der Waals surface area contributed by atoms with Crippen LogP contribution in [0.4, 0.5) is 0 Å². The number of ketones is 1. The molecule has 0 unspecified atom stereocenters. The zero-order valence-electron chi connectivity index (χ0n) is 13.4. The lowest BCUT2D eigenvalue weighted by molar-refractivity contribution is -0.141. The molecule has 1 atom stereocenters. The molecule has 0 radical (unpaired) electrons. The van der Waals surface area contributed by atoms with Gasteiger partial charge in [-0.25, -0.2) is 0 Å². The molecule has 0 aliphatic rings. The predicted octanol–water partition coefficient (Wildman–Crippen LogP) is 3.13. The molecule has 2 rings (SSSR count). The third-order valence-corrected chi connectivity index (χ3v) is 4.48. The van der Waals surface area contributed by atoms with Gasteiger partial charge in [-0.05, 0) is 11.4 Å². The van der Waals surface area contributed by atoms with Gasteiger partial charge < -0.3 is 10.1 Å². The van der Waals surface area contributed by atoms with E-state index in [1.54, 1.807) is 24.3 Å². The monoisotopic (exact) mass is 345 g/mol. The van der Waals surface area contributed by atoms with Crippen LogP contribution in [0.2, 0.25) is 0 Å². The molecule has 24 heavy (non-hydrogen) atoms. The fourth-order valence-electron chi connectivity index (χ4n) is 2.22. The number of amides is 1. The highest BCUT2D eigenvalue weighted by Gasteiger charge is 2.20. The number of ether oxygens (including phenoxy) is 1. The van der Waals surface area contributed by atoms with E-state index in [-0.39, 0.29) is 31.0 Å². The summed E-state index contributed by atoms with van der Waals surface area (Å²) in [5.41, 5.74) is 0.592. The molecule has 0 fully saturated rings. The maximum absolute atomic E-state index is 12.1.